The summed E-state index contributed by atoms with van der Waals surface area (Å²) in [5.74, 6) is -0.0443. The monoisotopic (exact) mass is 277 g/mol. The second kappa shape index (κ2) is 6.42. The van der Waals surface area contributed by atoms with Gasteiger partial charge < -0.3 is 15.2 Å². The average Bonchev–Trinajstić information content (AvgIpc) is 2.35. The van der Waals surface area contributed by atoms with Gasteiger partial charge in [0, 0.05) is 0 Å². The van der Waals surface area contributed by atoms with E-state index in [-0.39, 0.29) is 6.42 Å². The Bertz CT molecular complexity index is 434. The van der Waals surface area contributed by atoms with Gasteiger partial charge in [-0.1, -0.05) is 12.1 Å². The lowest BCUT2D eigenvalue weighted by Crippen LogP contribution is -2.41. The van der Waals surface area contributed by atoms with Gasteiger partial charge in [-0.3, -0.25) is 4.79 Å². The van der Waals surface area contributed by atoms with Crippen LogP contribution in [0.1, 0.15) is 5.56 Å². The smallest absolute Gasteiger partial charge is 0.416 e. The molecule has 1 amide bonds. The molecule has 0 fully saturated rings. The van der Waals surface area contributed by atoms with E-state index in [4.69, 9.17) is 9.84 Å². The van der Waals surface area contributed by atoms with Crippen LogP contribution < -0.4 is 10.1 Å². The number of hydrogen-bond acceptors (Lipinski definition) is 3. The van der Waals surface area contributed by atoms with Crippen LogP contribution in [0.2, 0.25) is 0 Å². The fraction of sp³-hybridized carbons (Fsp3) is 0.417. The van der Waals surface area contributed by atoms with E-state index >= 15 is 0 Å². The third-order valence-corrected chi connectivity index (χ3v) is 2.37. The highest BCUT2D eigenvalue weighted by Crippen LogP contribution is 2.19. The number of benzene rings is 1. The third-order valence-electron chi connectivity index (χ3n) is 2.37. The van der Waals surface area contributed by atoms with Crippen molar-refractivity contribution in [2.24, 2.45) is 0 Å². The van der Waals surface area contributed by atoms with E-state index in [0.717, 1.165) is 0 Å². The minimum absolute atomic E-state index is 0.0816. The first-order chi connectivity index (χ1) is 8.82. The van der Waals surface area contributed by atoms with E-state index in [1.54, 1.807) is 24.3 Å². The number of carbonyl (C=O) groups is 1. The van der Waals surface area contributed by atoms with Crippen molar-refractivity contribution in [3.63, 3.8) is 0 Å². The summed E-state index contributed by atoms with van der Waals surface area (Å²) in [6.07, 6.45) is -7.37. The molecule has 0 heterocycles. The molecule has 0 bridgehead atoms. The molecule has 7 heteroatoms. The normalized spacial score (nSPS) is 12.9. The van der Waals surface area contributed by atoms with Crippen LogP contribution in [0.3, 0.4) is 0 Å². The predicted molar refractivity (Wildman–Crippen MR) is 61.8 cm³/mol. The van der Waals surface area contributed by atoms with Crippen molar-refractivity contribution in [2.45, 2.75) is 18.7 Å². The number of methoxy groups -OCH3 is 1. The molecule has 0 aliphatic heterocycles. The van der Waals surface area contributed by atoms with Crippen molar-refractivity contribution in [1.29, 1.82) is 0 Å². The Hall–Kier alpha value is -1.76. The molecule has 0 saturated carbocycles. The van der Waals surface area contributed by atoms with Gasteiger partial charge in [0.2, 0.25) is 5.91 Å². The number of aliphatic hydroxyl groups excluding tert-OH is 1. The van der Waals surface area contributed by atoms with Gasteiger partial charge in [-0.15, -0.1) is 0 Å². The summed E-state index contributed by atoms with van der Waals surface area (Å²) in [4.78, 5) is 11.4. The number of halogens is 3. The lowest BCUT2D eigenvalue weighted by molar-refractivity contribution is -0.201. The lowest BCUT2D eigenvalue weighted by atomic mass is 10.1. The summed E-state index contributed by atoms with van der Waals surface area (Å²) in [5.41, 5.74) is 0.610. The molecule has 4 nitrogen and oxygen atoms in total. The van der Waals surface area contributed by atoms with Crippen LogP contribution in [0.5, 0.6) is 5.75 Å². The second-order valence-corrected chi connectivity index (χ2v) is 3.89. The SMILES string of the molecule is COc1cccc(CC(=O)NCC(O)C(F)(F)F)c1. The molecule has 1 unspecified atom stereocenters. The maximum Gasteiger partial charge on any atom is 0.416 e. The van der Waals surface area contributed by atoms with Crippen molar-refractivity contribution in [3.05, 3.63) is 29.8 Å². The van der Waals surface area contributed by atoms with Gasteiger partial charge in [0.05, 0.1) is 20.1 Å². The number of hydrogen-bond donors (Lipinski definition) is 2. The molecule has 0 aliphatic carbocycles. The van der Waals surface area contributed by atoms with Gasteiger partial charge in [-0.25, -0.2) is 0 Å². The number of aliphatic hydroxyl groups is 1. The van der Waals surface area contributed by atoms with E-state index in [0.29, 0.717) is 11.3 Å². The summed E-state index contributed by atoms with van der Waals surface area (Å²) in [7, 11) is 1.47. The predicted octanol–water partition coefficient (Wildman–Crippen LogP) is 1.28. The van der Waals surface area contributed by atoms with Crippen LogP contribution in [0.4, 0.5) is 13.2 Å². The first-order valence-corrected chi connectivity index (χ1v) is 5.47. The Balaban J connectivity index is 2.47. The first-order valence-electron chi connectivity index (χ1n) is 5.47. The number of alkyl halides is 3. The zero-order valence-electron chi connectivity index (χ0n) is 10.2. The fourth-order valence-electron chi connectivity index (χ4n) is 1.36. The molecule has 0 saturated heterocycles. The Morgan fingerprint density at radius 3 is 2.74 bits per heavy atom. The molecule has 1 aromatic rings. The fourth-order valence-corrected chi connectivity index (χ4v) is 1.36. The Kier molecular flexibility index (Phi) is 5.17. The molecule has 0 spiro atoms. The maximum absolute atomic E-state index is 12.0. The van der Waals surface area contributed by atoms with Crippen molar-refractivity contribution >= 4 is 5.91 Å². The standard InChI is InChI=1S/C12H14F3NO3/c1-19-9-4-2-3-8(5-9)6-11(18)16-7-10(17)12(13,14)15/h2-5,10,17H,6-7H2,1H3,(H,16,18). The molecule has 1 aromatic carbocycles. The minimum atomic E-state index is -4.73. The van der Waals surface area contributed by atoms with E-state index in [1.807, 2.05) is 5.32 Å². The number of rotatable bonds is 5. The molecular formula is C12H14F3NO3. The van der Waals surface area contributed by atoms with E-state index < -0.39 is 24.7 Å². The van der Waals surface area contributed by atoms with E-state index in [1.165, 1.54) is 7.11 Å². The van der Waals surface area contributed by atoms with Crippen molar-refractivity contribution in [1.82, 2.24) is 5.32 Å². The van der Waals surface area contributed by atoms with Crippen LogP contribution in [0.25, 0.3) is 0 Å². The quantitative estimate of drug-likeness (QED) is 0.852. The van der Waals surface area contributed by atoms with Crippen molar-refractivity contribution in [2.75, 3.05) is 13.7 Å². The van der Waals surface area contributed by atoms with Gasteiger partial charge in [0.1, 0.15) is 5.75 Å². The summed E-state index contributed by atoms with van der Waals surface area (Å²) in [6, 6.07) is 6.63. The van der Waals surface area contributed by atoms with Gasteiger partial charge in [-0.2, -0.15) is 13.2 Å². The van der Waals surface area contributed by atoms with Crippen LogP contribution in [0, 0.1) is 0 Å². The molecular weight excluding hydrogens is 263 g/mol. The van der Waals surface area contributed by atoms with Gasteiger partial charge in [-0.05, 0) is 17.7 Å². The Morgan fingerprint density at radius 1 is 1.47 bits per heavy atom. The summed E-state index contributed by atoms with van der Waals surface area (Å²) < 4.78 is 41.0. The molecule has 1 atom stereocenters. The highest BCUT2D eigenvalue weighted by atomic mass is 19.4. The number of carbonyl (C=O) groups excluding carboxylic acids is 1. The highest BCUT2D eigenvalue weighted by molar-refractivity contribution is 5.78. The molecule has 19 heavy (non-hydrogen) atoms. The number of nitrogens with one attached hydrogen (secondary N) is 1. The Labute approximate surface area is 108 Å². The van der Waals surface area contributed by atoms with Crippen LogP contribution in [0.15, 0.2) is 24.3 Å². The molecule has 0 aliphatic rings. The lowest BCUT2D eigenvalue weighted by Gasteiger charge is -2.15. The zero-order valence-corrected chi connectivity index (χ0v) is 10.2. The first kappa shape index (κ1) is 15.3. The topological polar surface area (TPSA) is 58.6 Å². The molecule has 0 aromatic heterocycles. The van der Waals surface area contributed by atoms with Gasteiger partial charge >= 0.3 is 6.18 Å². The van der Waals surface area contributed by atoms with Crippen LogP contribution in [-0.4, -0.2) is 36.9 Å². The Morgan fingerprint density at radius 2 is 2.16 bits per heavy atom. The number of amides is 1. The average molecular weight is 277 g/mol. The molecule has 1 rings (SSSR count). The van der Waals surface area contributed by atoms with Crippen LogP contribution in [-0.2, 0) is 11.2 Å². The summed E-state index contributed by atoms with van der Waals surface area (Å²) >= 11 is 0. The van der Waals surface area contributed by atoms with Gasteiger partial charge in [0.25, 0.3) is 0 Å². The minimum Gasteiger partial charge on any atom is -0.497 e. The van der Waals surface area contributed by atoms with E-state index in [9.17, 15) is 18.0 Å². The van der Waals surface area contributed by atoms with E-state index in [2.05, 4.69) is 0 Å². The summed E-state index contributed by atoms with van der Waals surface area (Å²) in [6.45, 7) is -0.855. The number of ether oxygens (including phenoxy) is 1. The molecule has 2 N–H and O–H groups in total. The zero-order chi connectivity index (χ0) is 14.5. The molecule has 106 valence electrons. The van der Waals surface area contributed by atoms with Crippen molar-refractivity contribution < 1.29 is 27.8 Å². The maximum atomic E-state index is 12.0. The third kappa shape index (κ3) is 5.17. The second-order valence-electron chi connectivity index (χ2n) is 3.89. The van der Waals surface area contributed by atoms with Crippen LogP contribution >= 0.6 is 0 Å². The summed E-state index contributed by atoms with van der Waals surface area (Å²) in [5, 5.41) is 10.7. The largest absolute Gasteiger partial charge is 0.497 e. The van der Waals surface area contributed by atoms with Crippen molar-refractivity contribution in [3.8, 4) is 5.75 Å². The highest BCUT2D eigenvalue weighted by Gasteiger charge is 2.38. The molecule has 0 radical (unpaired) electrons. The van der Waals surface area contributed by atoms with Gasteiger partial charge in [0.15, 0.2) is 6.10 Å².